The van der Waals surface area contributed by atoms with Gasteiger partial charge in [-0.1, -0.05) is 30.3 Å². The standard InChI is InChI=1S/C16H17NO/c1-18-15-7-4-6-12(10-15)14-9-13-5-2-3-8-16(13)17-11-14/h2-8,10,14,17H,9,11H2,1H3/t14-/m0/s1. The first-order valence-corrected chi connectivity index (χ1v) is 6.32. The maximum Gasteiger partial charge on any atom is 0.119 e. The van der Waals surface area contributed by atoms with Crippen LogP contribution in [-0.2, 0) is 6.42 Å². The third kappa shape index (κ3) is 2.06. The lowest BCUT2D eigenvalue weighted by molar-refractivity contribution is 0.413. The number of nitrogens with one attached hydrogen (secondary N) is 1. The SMILES string of the molecule is COc1cccc([C@@H]2CNc3ccccc3C2)c1. The third-order valence-electron chi connectivity index (χ3n) is 3.59. The van der Waals surface area contributed by atoms with Gasteiger partial charge in [0, 0.05) is 18.2 Å². The minimum Gasteiger partial charge on any atom is -0.497 e. The molecule has 2 aromatic carbocycles. The summed E-state index contributed by atoms with van der Waals surface area (Å²) in [7, 11) is 1.72. The molecule has 92 valence electrons. The molecule has 3 rings (SSSR count). The van der Waals surface area contributed by atoms with Crippen LogP contribution < -0.4 is 10.1 Å². The minimum absolute atomic E-state index is 0.523. The third-order valence-corrected chi connectivity index (χ3v) is 3.59. The number of benzene rings is 2. The van der Waals surface area contributed by atoms with E-state index in [2.05, 4.69) is 47.8 Å². The Balaban J connectivity index is 1.87. The summed E-state index contributed by atoms with van der Waals surface area (Å²) in [5.41, 5.74) is 4.02. The first-order valence-electron chi connectivity index (χ1n) is 6.32. The first-order chi connectivity index (χ1) is 8.86. The van der Waals surface area contributed by atoms with Gasteiger partial charge in [0.25, 0.3) is 0 Å². The quantitative estimate of drug-likeness (QED) is 0.866. The van der Waals surface area contributed by atoms with Gasteiger partial charge in [0.05, 0.1) is 7.11 Å². The Morgan fingerprint density at radius 3 is 2.89 bits per heavy atom. The van der Waals surface area contributed by atoms with Crippen molar-refractivity contribution in [2.75, 3.05) is 19.0 Å². The van der Waals surface area contributed by atoms with Crippen molar-refractivity contribution in [3.05, 3.63) is 59.7 Å². The number of ether oxygens (including phenoxy) is 1. The summed E-state index contributed by atoms with van der Waals surface area (Å²) in [6, 6.07) is 16.9. The molecule has 0 fully saturated rings. The van der Waals surface area contributed by atoms with Gasteiger partial charge < -0.3 is 10.1 Å². The molecule has 1 atom stereocenters. The second kappa shape index (κ2) is 4.73. The fourth-order valence-corrected chi connectivity index (χ4v) is 2.57. The van der Waals surface area contributed by atoms with Crippen molar-refractivity contribution in [3.8, 4) is 5.75 Å². The van der Waals surface area contributed by atoms with Gasteiger partial charge >= 0.3 is 0 Å². The first kappa shape index (κ1) is 11.1. The zero-order valence-electron chi connectivity index (χ0n) is 10.5. The predicted octanol–water partition coefficient (Wildman–Crippen LogP) is 3.45. The van der Waals surface area contributed by atoms with E-state index < -0.39 is 0 Å². The molecule has 2 nitrogen and oxygen atoms in total. The van der Waals surface area contributed by atoms with Crippen LogP contribution in [0.4, 0.5) is 5.69 Å². The van der Waals surface area contributed by atoms with Gasteiger partial charge in [-0.2, -0.15) is 0 Å². The summed E-state index contributed by atoms with van der Waals surface area (Å²) in [5.74, 6) is 1.46. The summed E-state index contributed by atoms with van der Waals surface area (Å²) >= 11 is 0. The normalized spacial score (nSPS) is 17.7. The molecule has 0 aliphatic carbocycles. The molecule has 18 heavy (non-hydrogen) atoms. The van der Waals surface area contributed by atoms with Crippen LogP contribution in [0.1, 0.15) is 17.0 Å². The maximum atomic E-state index is 5.29. The molecule has 0 unspecified atom stereocenters. The van der Waals surface area contributed by atoms with E-state index in [4.69, 9.17) is 4.74 Å². The zero-order chi connectivity index (χ0) is 12.4. The van der Waals surface area contributed by atoms with Crippen LogP contribution in [0, 0.1) is 0 Å². The van der Waals surface area contributed by atoms with E-state index in [9.17, 15) is 0 Å². The van der Waals surface area contributed by atoms with Crippen molar-refractivity contribution < 1.29 is 4.74 Å². The minimum atomic E-state index is 0.523. The predicted molar refractivity (Wildman–Crippen MR) is 74.4 cm³/mol. The van der Waals surface area contributed by atoms with Crippen molar-refractivity contribution in [2.24, 2.45) is 0 Å². The molecular formula is C16H17NO. The maximum absolute atomic E-state index is 5.29. The van der Waals surface area contributed by atoms with E-state index in [0.29, 0.717) is 5.92 Å². The summed E-state index contributed by atoms with van der Waals surface area (Å²) in [6.07, 6.45) is 1.09. The number of methoxy groups -OCH3 is 1. The van der Waals surface area contributed by atoms with Gasteiger partial charge in [0.1, 0.15) is 5.75 Å². The Labute approximate surface area is 108 Å². The van der Waals surface area contributed by atoms with Crippen LogP contribution in [0.15, 0.2) is 48.5 Å². The van der Waals surface area contributed by atoms with Crippen LogP contribution in [0.2, 0.25) is 0 Å². The van der Waals surface area contributed by atoms with Crippen molar-refractivity contribution >= 4 is 5.69 Å². The molecule has 0 spiro atoms. The highest BCUT2D eigenvalue weighted by atomic mass is 16.5. The highest BCUT2D eigenvalue weighted by molar-refractivity contribution is 5.54. The fourth-order valence-electron chi connectivity index (χ4n) is 2.57. The van der Waals surface area contributed by atoms with Crippen LogP contribution in [0.3, 0.4) is 0 Å². The molecule has 0 bridgehead atoms. The van der Waals surface area contributed by atoms with Crippen molar-refractivity contribution in [1.29, 1.82) is 0 Å². The van der Waals surface area contributed by atoms with Crippen LogP contribution >= 0.6 is 0 Å². The van der Waals surface area contributed by atoms with Crippen molar-refractivity contribution in [2.45, 2.75) is 12.3 Å². The molecule has 2 heteroatoms. The Bertz CT molecular complexity index is 550. The highest BCUT2D eigenvalue weighted by Gasteiger charge is 2.19. The average molecular weight is 239 g/mol. The van der Waals surface area contributed by atoms with E-state index >= 15 is 0 Å². The van der Waals surface area contributed by atoms with Gasteiger partial charge in [0.2, 0.25) is 0 Å². The number of fused-ring (bicyclic) bond motifs is 1. The van der Waals surface area contributed by atoms with Crippen LogP contribution in [0.25, 0.3) is 0 Å². The van der Waals surface area contributed by atoms with E-state index in [1.807, 2.05) is 6.07 Å². The molecule has 0 radical (unpaired) electrons. The van der Waals surface area contributed by atoms with Crippen LogP contribution in [-0.4, -0.2) is 13.7 Å². The number of hydrogen-bond acceptors (Lipinski definition) is 2. The Kier molecular flexibility index (Phi) is 2.93. The van der Waals surface area contributed by atoms with Crippen LogP contribution in [0.5, 0.6) is 5.75 Å². The lowest BCUT2D eigenvalue weighted by Gasteiger charge is -2.26. The van der Waals surface area contributed by atoms with Crippen molar-refractivity contribution in [3.63, 3.8) is 0 Å². The van der Waals surface area contributed by atoms with Gasteiger partial charge in [-0.25, -0.2) is 0 Å². The molecule has 1 aliphatic heterocycles. The molecule has 0 saturated carbocycles. The molecule has 2 aromatic rings. The average Bonchev–Trinajstić information content (AvgIpc) is 2.47. The van der Waals surface area contributed by atoms with Gasteiger partial charge in [-0.05, 0) is 35.7 Å². The van der Waals surface area contributed by atoms with Crippen molar-refractivity contribution in [1.82, 2.24) is 0 Å². The second-order valence-electron chi connectivity index (χ2n) is 4.72. The molecule has 1 heterocycles. The summed E-state index contributed by atoms with van der Waals surface area (Å²) < 4.78 is 5.29. The molecule has 0 amide bonds. The lowest BCUT2D eigenvalue weighted by Crippen LogP contribution is -2.21. The van der Waals surface area contributed by atoms with E-state index in [0.717, 1.165) is 18.7 Å². The molecule has 1 aliphatic rings. The van der Waals surface area contributed by atoms with Gasteiger partial charge in [-0.3, -0.25) is 0 Å². The van der Waals surface area contributed by atoms with E-state index in [1.165, 1.54) is 16.8 Å². The number of rotatable bonds is 2. The summed E-state index contributed by atoms with van der Waals surface area (Å²) in [4.78, 5) is 0. The number of para-hydroxylation sites is 1. The number of hydrogen-bond donors (Lipinski definition) is 1. The molecule has 1 N–H and O–H groups in total. The summed E-state index contributed by atoms with van der Waals surface area (Å²) in [6.45, 7) is 0.990. The molecule has 0 saturated heterocycles. The van der Waals surface area contributed by atoms with E-state index in [1.54, 1.807) is 7.11 Å². The Morgan fingerprint density at radius 1 is 1.11 bits per heavy atom. The smallest absolute Gasteiger partial charge is 0.119 e. The monoisotopic (exact) mass is 239 g/mol. The Hall–Kier alpha value is -1.96. The second-order valence-corrected chi connectivity index (χ2v) is 4.72. The van der Waals surface area contributed by atoms with E-state index in [-0.39, 0.29) is 0 Å². The van der Waals surface area contributed by atoms with Gasteiger partial charge in [0.15, 0.2) is 0 Å². The summed E-state index contributed by atoms with van der Waals surface area (Å²) in [5, 5.41) is 3.51. The lowest BCUT2D eigenvalue weighted by atomic mass is 9.88. The molecular weight excluding hydrogens is 222 g/mol. The topological polar surface area (TPSA) is 21.3 Å². The molecule has 0 aromatic heterocycles. The fraction of sp³-hybridized carbons (Fsp3) is 0.250. The largest absolute Gasteiger partial charge is 0.497 e. The van der Waals surface area contributed by atoms with Gasteiger partial charge in [-0.15, -0.1) is 0 Å². The zero-order valence-corrected chi connectivity index (χ0v) is 10.5. The Morgan fingerprint density at radius 2 is 2.00 bits per heavy atom. The highest BCUT2D eigenvalue weighted by Crippen LogP contribution is 2.31. The number of anilines is 1.